The normalized spacial score (nSPS) is 10.8. The van der Waals surface area contributed by atoms with Gasteiger partial charge < -0.3 is 19.2 Å². The van der Waals surface area contributed by atoms with Crippen LogP contribution in [-0.2, 0) is 6.54 Å². The number of hydrogen-bond acceptors (Lipinski definition) is 4. The molecule has 1 N–H and O–H groups in total. The van der Waals surface area contributed by atoms with Gasteiger partial charge in [-0.3, -0.25) is 0 Å². The zero-order valence-corrected chi connectivity index (χ0v) is 10.6. The minimum Gasteiger partial charge on any atom is -0.496 e. The molecule has 0 spiro atoms. The lowest BCUT2D eigenvalue weighted by molar-refractivity contribution is 0.397. The first-order chi connectivity index (χ1) is 8.21. The lowest BCUT2D eigenvalue weighted by Gasteiger charge is -2.05. The third-order valence-corrected chi connectivity index (χ3v) is 2.86. The van der Waals surface area contributed by atoms with E-state index in [1.165, 1.54) is 0 Å². The Morgan fingerprint density at radius 3 is 2.59 bits per heavy atom. The van der Waals surface area contributed by atoms with E-state index in [1.54, 1.807) is 14.2 Å². The summed E-state index contributed by atoms with van der Waals surface area (Å²) in [6.07, 6.45) is 0. The Kier molecular flexibility index (Phi) is 3.24. The van der Waals surface area contributed by atoms with Gasteiger partial charge >= 0.3 is 0 Å². The first-order valence-electron chi connectivity index (χ1n) is 5.49. The van der Waals surface area contributed by atoms with E-state index in [9.17, 15) is 0 Å². The molecule has 0 aliphatic rings. The summed E-state index contributed by atoms with van der Waals surface area (Å²) >= 11 is 0. The van der Waals surface area contributed by atoms with Crippen molar-refractivity contribution in [3.05, 3.63) is 23.5 Å². The molecule has 2 aromatic rings. The van der Waals surface area contributed by atoms with Gasteiger partial charge in [-0.15, -0.1) is 0 Å². The summed E-state index contributed by atoms with van der Waals surface area (Å²) in [5.74, 6) is 2.44. The number of hydrogen-bond donors (Lipinski definition) is 1. The van der Waals surface area contributed by atoms with Gasteiger partial charge in [0.2, 0.25) is 0 Å². The second-order valence-electron chi connectivity index (χ2n) is 3.88. The number of rotatable bonds is 4. The van der Waals surface area contributed by atoms with Gasteiger partial charge in [0.15, 0.2) is 0 Å². The summed E-state index contributed by atoms with van der Waals surface area (Å²) in [4.78, 5) is 0. The molecule has 1 aromatic carbocycles. The van der Waals surface area contributed by atoms with Gasteiger partial charge in [-0.1, -0.05) is 0 Å². The van der Waals surface area contributed by atoms with Crippen LogP contribution in [0.5, 0.6) is 11.5 Å². The number of aryl methyl sites for hydroxylation is 1. The van der Waals surface area contributed by atoms with Crippen LogP contribution < -0.4 is 14.8 Å². The van der Waals surface area contributed by atoms with E-state index >= 15 is 0 Å². The van der Waals surface area contributed by atoms with E-state index in [4.69, 9.17) is 13.9 Å². The summed E-state index contributed by atoms with van der Waals surface area (Å²) in [6.45, 7) is 2.74. The van der Waals surface area contributed by atoms with Crippen LogP contribution in [0.4, 0.5) is 0 Å². The summed E-state index contributed by atoms with van der Waals surface area (Å²) < 4.78 is 16.4. The number of fused-ring (bicyclic) bond motifs is 1. The minimum absolute atomic E-state index is 0.700. The molecule has 0 fully saturated rings. The van der Waals surface area contributed by atoms with Crippen LogP contribution in [0.2, 0.25) is 0 Å². The van der Waals surface area contributed by atoms with E-state index in [0.29, 0.717) is 6.54 Å². The van der Waals surface area contributed by atoms with Crippen molar-refractivity contribution in [2.24, 2.45) is 0 Å². The molecule has 2 rings (SSSR count). The molecule has 0 saturated heterocycles. The van der Waals surface area contributed by atoms with E-state index in [2.05, 4.69) is 5.32 Å². The second-order valence-corrected chi connectivity index (χ2v) is 3.88. The predicted molar refractivity (Wildman–Crippen MR) is 66.8 cm³/mol. The van der Waals surface area contributed by atoms with Gasteiger partial charge in [0.05, 0.1) is 26.2 Å². The minimum atomic E-state index is 0.700. The lowest BCUT2D eigenvalue weighted by Crippen LogP contribution is -2.04. The molecule has 0 aliphatic heterocycles. The number of furan rings is 1. The van der Waals surface area contributed by atoms with E-state index in [0.717, 1.165) is 33.8 Å². The first-order valence-corrected chi connectivity index (χ1v) is 5.49. The second kappa shape index (κ2) is 4.67. The first kappa shape index (κ1) is 11.8. The van der Waals surface area contributed by atoms with E-state index in [1.807, 2.05) is 26.1 Å². The van der Waals surface area contributed by atoms with Crippen molar-refractivity contribution in [2.45, 2.75) is 13.5 Å². The Morgan fingerprint density at radius 1 is 1.24 bits per heavy atom. The van der Waals surface area contributed by atoms with Crippen LogP contribution in [0.3, 0.4) is 0 Å². The van der Waals surface area contributed by atoms with Crippen LogP contribution in [0.1, 0.15) is 11.3 Å². The van der Waals surface area contributed by atoms with Crippen molar-refractivity contribution in [1.29, 1.82) is 0 Å². The van der Waals surface area contributed by atoms with Crippen LogP contribution >= 0.6 is 0 Å². The van der Waals surface area contributed by atoms with Crippen molar-refractivity contribution in [3.8, 4) is 11.5 Å². The van der Waals surface area contributed by atoms with Crippen LogP contribution in [0, 0.1) is 6.92 Å². The molecule has 1 heterocycles. The Morgan fingerprint density at radius 2 is 2.00 bits per heavy atom. The van der Waals surface area contributed by atoms with Gasteiger partial charge in [0, 0.05) is 17.7 Å². The van der Waals surface area contributed by atoms with Gasteiger partial charge in [-0.2, -0.15) is 0 Å². The fourth-order valence-corrected chi connectivity index (χ4v) is 1.97. The molecular weight excluding hydrogens is 218 g/mol. The summed E-state index contributed by atoms with van der Waals surface area (Å²) in [7, 11) is 5.17. The average molecular weight is 235 g/mol. The Bertz CT molecular complexity index is 531. The smallest absolute Gasteiger partial charge is 0.142 e. The average Bonchev–Trinajstić information content (AvgIpc) is 2.66. The highest BCUT2D eigenvalue weighted by molar-refractivity contribution is 5.89. The highest BCUT2D eigenvalue weighted by Crippen LogP contribution is 2.36. The lowest BCUT2D eigenvalue weighted by atomic mass is 10.1. The van der Waals surface area contributed by atoms with E-state index < -0.39 is 0 Å². The molecule has 0 bridgehead atoms. The molecular formula is C13H17NO3. The van der Waals surface area contributed by atoms with Gasteiger partial charge in [0.1, 0.15) is 22.8 Å². The van der Waals surface area contributed by atoms with Crippen molar-refractivity contribution < 1.29 is 13.9 Å². The molecule has 0 radical (unpaired) electrons. The van der Waals surface area contributed by atoms with Gasteiger partial charge in [-0.05, 0) is 14.0 Å². The molecule has 4 nitrogen and oxygen atoms in total. The summed E-state index contributed by atoms with van der Waals surface area (Å²) in [5.41, 5.74) is 1.90. The van der Waals surface area contributed by atoms with Crippen LogP contribution in [-0.4, -0.2) is 21.3 Å². The molecule has 0 aliphatic carbocycles. The maximum atomic E-state index is 5.80. The van der Waals surface area contributed by atoms with E-state index in [-0.39, 0.29) is 0 Å². The topological polar surface area (TPSA) is 43.6 Å². The molecule has 0 atom stereocenters. The molecule has 17 heavy (non-hydrogen) atoms. The molecule has 1 aromatic heterocycles. The van der Waals surface area contributed by atoms with Crippen molar-refractivity contribution in [1.82, 2.24) is 5.32 Å². The zero-order valence-electron chi connectivity index (χ0n) is 10.6. The number of methoxy groups -OCH3 is 2. The van der Waals surface area contributed by atoms with Gasteiger partial charge in [-0.25, -0.2) is 0 Å². The summed E-state index contributed by atoms with van der Waals surface area (Å²) in [6, 6.07) is 3.75. The fourth-order valence-electron chi connectivity index (χ4n) is 1.97. The SMILES string of the molecule is CNCc1oc2cc(OC)cc(OC)c2c1C. The number of benzene rings is 1. The van der Waals surface area contributed by atoms with Crippen molar-refractivity contribution in [2.75, 3.05) is 21.3 Å². The Balaban J connectivity index is 2.67. The fraction of sp³-hybridized carbons (Fsp3) is 0.385. The Hall–Kier alpha value is -1.68. The number of nitrogens with one attached hydrogen (secondary N) is 1. The van der Waals surface area contributed by atoms with Crippen LogP contribution in [0.15, 0.2) is 16.5 Å². The molecule has 0 saturated carbocycles. The monoisotopic (exact) mass is 235 g/mol. The predicted octanol–water partition coefficient (Wildman–Crippen LogP) is 2.48. The molecule has 0 unspecified atom stereocenters. The third-order valence-electron chi connectivity index (χ3n) is 2.86. The maximum Gasteiger partial charge on any atom is 0.142 e. The molecule has 0 amide bonds. The van der Waals surface area contributed by atoms with Crippen molar-refractivity contribution in [3.63, 3.8) is 0 Å². The largest absolute Gasteiger partial charge is 0.496 e. The number of ether oxygens (including phenoxy) is 2. The third kappa shape index (κ3) is 1.96. The summed E-state index contributed by atoms with van der Waals surface area (Å²) in [5, 5.41) is 4.10. The van der Waals surface area contributed by atoms with Crippen molar-refractivity contribution >= 4 is 11.0 Å². The van der Waals surface area contributed by atoms with Gasteiger partial charge in [0.25, 0.3) is 0 Å². The Labute approximate surface area is 101 Å². The highest BCUT2D eigenvalue weighted by Gasteiger charge is 2.15. The quantitative estimate of drug-likeness (QED) is 0.884. The van der Waals surface area contributed by atoms with Crippen LogP contribution in [0.25, 0.3) is 11.0 Å². The highest BCUT2D eigenvalue weighted by atomic mass is 16.5. The molecule has 4 heteroatoms. The standard InChI is InChI=1S/C13H17NO3/c1-8-12(7-14-2)17-11-6-9(15-3)5-10(16-4)13(8)11/h5-6,14H,7H2,1-4H3. The maximum absolute atomic E-state index is 5.80. The zero-order chi connectivity index (χ0) is 12.4. The molecule has 92 valence electrons.